The van der Waals surface area contributed by atoms with E-state index in [4.69, 9.17) is 4.74 Å². The molecule has 0 saturated carbocycles. The molecular weight excluding hydrogens is 281 g/mol. The van der Waals surface area contributed by atoms with E-state index in [1.54, 1.807) is 24.4 Å². The number of fused-ring (bicyclic) bond motifs is 1. The largest absolute Gasteiger partial charge is 0.487 e. The normalized spacial score (nSPS) is 15.6. The van der Waals surface area contributed by atoms with Gasteiger partial charge in [-0.05, 0) is 29.8 Å². The van der Waals surface area contributed by atoms with Gasteiger partial charge in [0.05, 0.1) is 11.1 Å². The van der Waals surface area contributed by atoms with Crippen LogP contribution in [0.5, 0.6) is 5.75 Å². The van der Waals surface area contributed by atoms with Crippen LogP contribution < -0.4 is 4.74 Å². The van der Waals surface area contributed by atoms with Crippen LogP contribution >= 0.6 is 0 Å². The molecule has 1 aromatic heterocycles. The SMILES string of the molecule is O=S1(=O)C(COc2cccnc2)=Cc2cccc(F)c21. The predicted octanol–water partition coefficient (Wildman–Crippen LogP) is 2.43. The third kappa shape index (κ3) is 2.08. The van der Waals surface area contributed by atoms with E-state index in [1.807, 2.05) is 0 Å². The number of halogens is 1. The molecule has 4 nitrogen and oxygen atoms in total. The molecule has 1 aromatic carbocycles. The van der Waals surface area contributed by atoms with E-state index in [1.165, 1.54) is 18.3 Å². The van der Waals surface area contributed by atoms with Crippen LogP contribution in [-0.4, -0.2) is 20.0 Å². The fraction of sp³-hybridized carbons (Fsp3) is 0.0714. The number of rotatable bonds is 3. The molecule has 0 bridgehead atoms. The molecule has 0 unspecified atom stereocenters. The first-order valence-corrected chi connectivity index (χ1v) is 7.34. The topological polar surface area (TPSA) is 56.3 Å². The van der Waals surface area contributed by atoms with Gasteiger partial charge in [-0.2, -0.15) is 0 Å². The monoisotopic (exact) mass is 291 g/mol. The lowest BCUT2D eigenvalue weighted by atomic mass is 10.2. The van der Waals surface area contributed by atoms with Crippen molar-refractivity contribution in [1.29, 1.82) is 0 Å². The van der Waals surface area contributed by atoms with Gasteiger partial charge in [0.1, 0.15) is 23.1 Å². The molecule has 0 N–H and O–H groups in total. The Hall–Kier alpha value is -2.21. The zero-order valence-electron chi connectivity index (χ0n) is 10.3. The van der Waals surface area contributed by atoms with E-state index in [-0.39, 0.29) is 16.4 Å². The fourth-order valence-electron chi connectivity index (χ4n) is 2.01. The summed E-state index contributed by atoms with van der Waals surface area (Å²) in [7, 11) is -3.81. The van der Waals surface area contributed by atoms with Gasteiger partial charge < -0.3 is 4.74 Å². The molecule has 1 aliphatic rings. The highest BCUT2D eigenvalue weighted by Gasteiger charge is 2.32. The van der Waals surface area contributed by atoms with Crippen LogP contribution in [0.4, 0.5) is 4.39 Å². The molecule has 0 radical (unpaired) electrons. The van der Waals surface area contributed by atoms with Gasteiger partial charge in [-0.15, -0.1) is 0 Å². The first kappa shape index (κ1) is 12.8. The van der Waals surface area contributed by atoms with Crippen LogP contribution in [0.15, 0.2) is 52.5 Å². The van der Waals surface area contributed by atoms with E-state index in [0.29, 0.717) is 11.3 Å². The third-order valence-electron chi connectivity index (χ3n) is 2.94. The zero-order chi connectivity index (χ0) is 14.2. The second kappa shape index (κ2) is 4.72. The summed E-state index contributed by atoms with van der Waals surface area (Å²) in [5.74, 6) is -0.282. The lowest BCUT2D eigenvalue weighted by Gasteiger charge is -2.07. The van der Waals surface area contributed by atoms with Gasteiger partial charge in [0.15, 0.2) is 0 Å². The van der Waals surface area contributed by atoms with E-state index in [9.17, 15) is 12.8 Å². The summed E-state index contributed by atoms with van der Waals surface area (Å²) in [6.07, 6.45) is 4.50. The van der Waals surface area contributed by atoms with Gasteiger partial charge in [0, 0.05) is 6.20 Å². The van der Waals surface area contributed by atoms with Gasteiger partial charge in [-0.1, -0.05) is 12.1 Å². The van der Waals surface area contributed by atoms with Crippen LogP contribution in [0.25, 0.3) is 6.08 Å². The average molecular weight is 291 g/mol. The number of benzene rings is 1. The maximum Gasteiger partial charge on any atom is 0.209 e. The molecule has 20 heavy (non-hydrogen) atoms. The Morgan fingerprint density at radius 1 is 1.20 bits per heavy atom. The molecule has 6 heteroatoms. The van der Waals surface area contributed by atoms with Crippen molar-refractivity contribution in [2.75, 3.05) is 6.61 Å². The zero-order valence-corrected chi connectivity index (χ0v) is 11.1. The summed E-state index contributed by atoms with van der Waals surface area (Å²) in [5.41, 5.74) is 0.356. The molecule has 3 rings (SSSR count). The first-order valence-electron chi connectivity index (χ1n) is 5.86. The molecule has 0 aliphatic carbocycles. The first-order chi connectivity index (χ1) is 9.59. The van der Waals surface area contributed by atoms with Crippen LogP contribution in [0, 0.1) is 5.82 Å². The Morgan fingerprint density at radius 3 is 2.75 bits per heavy atom. The molecule has 0 spiro atoms. The number of hydrogen-bond acceptors (Lipinski definition) is 4. The number of ether oxygens (including phenoxy) is 1. The average Bonchev–Trinajstić information content (AvgIpc) is 2.70. The molecule has 1 aliphatic heterocycles. The lowest BCUT2D eigenvalue weighted by Crippen LogP contribution is -2.10. The van der Waals surface area contributed by atoms with E-state index in [2.05, 4.69) is 4.98 Å². The molecule has 0 saturated heterocycles. The Balaban J connectivity index is 1.89. The second-order valence-electron chi connectivity index (χ2n) is 4.25. The minimum Gasteiger partial charge on any atom is -0.487 e. The smallest absolute Gasteiger partial charge is 0.209 e. The minimum atomic E-state index is -3.81. The lowest BCUT2D eigenvalue weighted by molar-refractivity contribution is 0.357. The van der Waals surface area contributed by atoms with Gasteiger partial charge in [-0.3, -0.25) is 4.98 Å². The van der Waals surface area contributed by atoms with Gasteiger partial charge in [0.2, 0.25) is 9.84 Å². The number of hydrogen-bond donors (Lipinski definition) is 0. The maximum absolute atomic E-state index is 13.7. The molecule has 0 fully saturated rings. The third-order valence-corrected chi connectivity index (χ3v) is 4.84. The number of aromatic nitrogens is 1. The van der Waals surface area contributed by atoms with Gasteiger partial charge in [0.25, 0.3) is 0 Å². The predicted molar refractivity (Wildman–Crippen MR) is 71.3 cm³/mol. The van der Waals surface area contributed by atoms with Crippen LogP contribution in [0.2, 0.25) is 0 Å². The highest BCUT2D eigenvalue weighted by molar-refractivity contribution is 7.95. The van der Waals surface area contributed by atoms with Crippen LogP contribution in [0.3, 0.4) is 0 Å². The summed E-state index contributed by atoms with van der Waals surface area (Å²) in [6, 6.07) is 7.53. The van der Waals surface area contributed by atoms with Crippen molar-refractivity contribution < 1.29 is 17.5 Å². The summed E-state index contributed by atoms with van der Waals surface area (Å²) < 4.78 is 43.5. The molecule has 0 atom stereocenters. The number of nitrogens with zero attached hydrogens (tertiary/aromatic N) is 1. The highest BCUT2D eigenvalue weighted by Crippen LogP contribution is 2.34. The fourth-order valence-corrected chi connectivity index (χ4v) is 3.53. The maximum atomic E-state index is 13.7. The van der Waals surface area contributed by atoms with E-state index >= 15 is 0 Å². The quantitative estimate of drug-likeness (QED) is 0.871. The number of pyridine rings is 1. The van der Waals surface area contributed by atoms with Crippen molar-refractivity contribution in [3.05, 3.63) is 59.0 Å². The van der Waals surface area contributed by atoms with Gasteiger partial charge in [-0.25, -0.2) is 12.8 Å². The Bertz CT molecular complexity index is 785. The van der Waals surface area contributed by atoms with Crippen molar-refractivity contribution in [2.45, 2.75) is 4.90 Å². The molecule has 2 aromatic rings. The number of sulfone groups is 1. The molecule has 102 valence electrons. The van der Waals surface area contributed by atoms with Crippen molar-refractivity contribution in [1.82, 2.24) is 4.98 Å². The standard InChI is InChI=1S/C14H10FNO3S/c15-13-5-1-3-10-7-12(20(17,18)14(10)13)9-19-11-4-2-6-16-8-11/h1-8H,9H2. The highest BCUT2D eigenvalue weighted by atomic mass is 32.2. The van der Waals surface area contributed by atoms with Crippen molar-refractivity contribution >= 4 is 15.9 Å². The summed E-state index contributed by atoms with van der Waals surface area (Å²) in [5, 5.41) is 0. The summed E-state index contributed by atoms with van der Waals surface area (Å²) >= 11 is 0. The second-order valence-corrected chi connectivity index (χ2v) is 6.19. The Labute approximate surface area is 115 Å². The van der Waals surface area contributed by atoms with Crippen molar-refractivity contribution in [3.63, 3.8) is 0 Å². The van der Waals surface area contributed by atoms with Crippen molar-refractivity contribution in [3.8, 4) is 5.75 Å². The summed E-state index contributed by atoms with van der Waals surface area (Å²) in [6.45, 7) is -0.151. The van der Waals surface area contributed by atoms with Crippen LogP contribution in [-0.2, 0) is 9.84 Å². The van der Waals surface area contributed by atoms with Crippen LogP contribution in [0.1, 0.15) is 5.56 Å². The van der Waals surface area contributed by atoms with E-state index in [0.717, 1.165) is 6.07 Å². The van der Waals surface area contributed by atoms with Crippen molar-refractivity contribution in [2.24, 2.45) is 0 Å². The Morgan fingerprint density at radius 2 is 2.05 bits per heavy atom. The molecule has 2 heterocycles. The minimum absolute atomic E-state index is 0.0430. The molecular formula is C14H10FNO3S. The Kier molecular flexibility index (Phi) is 3.02. The van der Waals surface area contributed by atoms with E-state index < -0.39 is 15.7 Å². The summed E-state index contributed by atoms with van der Waals surface area (Å²) in [4.78, 5) is 3.64. The molecule has 0 amide bonds. The van der Waals surface area contributed by atoms with Gasteiger partial charge >= 0.3 is 0 Å².